The number of ether oxygens (including phenoxy) is 1. The van der Waals surface area contributed by atoms with Crippen LogP contribution in [-0.4, -0.2) is 48.2 Å². The van der Waals surface area contributed by atoms with Gasteiger partial charge in [0.1, 0.15) is 0 Å². The fourth-order valence-corrected chi connectivity index (χ4v) is 3.49. The van der Waals surface area contributed by atoms with E-state index in [1.165, 1.54) is 23.5 Å². The van der Waals surface area contributed by atoms with Crippen molar-refractivity contribution in [3.05, 3.63) is 54.6 Å². The molecule has 2 aromatic rings. The summed E-state index contributed by atoms with van der Waals surface area (Å²) in [7, 11) is -0.646. The van der Waals surface area contributed by atoms with E-state index in [0.29, 0.717) is 24.5 Å². The Morgan fingerprint density at radius 3 is 2.54 bits per heavy atom. The lowest BCUT2D eigenvalue weighted by molar-refractivity contribution is -0.115. The monoisotopic (exact) mass is 377 g/mol. The van der Waals surface area contributed by atoms with E-state index in [1.807, 2.05) is 6.07 Å². The third kappa shape index (κ3) is 5.29. The van der Waals surface area contributed by atoms with Gasteiger partial charge in [-0.1, -0.05) is 24.3 Å². The summed E-state index contributed by atoms with van der Waals surface area (Å²) in [6.07, 6.45) is 0. The van der Waals surface area contributed by atoms with Crippen LogP contribution in [0.15, 0.2) is 59.5 Å². The van der Waals surface area contributed by atoms with E-state index in [-0.39, 0.29) is 17.3 Å². The van der Waals surface area contributed by atoms with Crippen molar-refractivity contribution in [2.24, 2.45) is 0 Å². The van der Waals surface area contributed by atoms with Crippen LogP contribution in [0.25, 0.3) is 0 Å². The van der Waals surface area contributed by atoms with Crippen molar-refractivity contribution in [3.63, 3.8) is 0 Å². The molecule has 0 atom stereocenters. The van der Waals surface area contributed by atoms with Gasteiger partial charge in [0.15, 0.2) is 0 Å². The van der Waals surface area contributed by atoms with Gasteiger partial charge >= 0.3 is 0 Å². The van der Waals surface area contributed by atoms with Gasteiger partial charge in [-0.3, -0.25) is 9.10 Å². The number of amides is 1. The highest BCUT2D eigenvalue weighted by Crippen LogP contribution is 2.23. The molecular weight excluding hydrogens is 354 g/mol. The van der Waals surface area contributed by atoms with Gasteiger partial charge in [0, 0.05) is 26.4 Å². The van der Waals surface area contributed by atoms with Gasteiger partial charge in [0.25, 0.3) is 10.0 Å². The summed E-state index contributed by atoms with van der Waals surface area (Å²) >= 11 is 0. The minimum atomic E-state index is -3.72. The molecule has 2 aromatic carbocycles. The number of hydrogen-bond acceptors (Lipinski definition) is 5. The highest BCUT2D eigenvalue weighted by Gasteiger charge is 2.21. The van der Waals surface area contributed by atoms with E-state index >= 15 is 0 Å². The first-order chi connectivity index (χ1) is 12.4. The molecule has 0 aromatic heterocycles. The fourth-order valence-electron chi connectivity index (χ4n) is 2.25. The lowest BCUT2D eigenvalue weighted by Crippen LogP contribution is -2.30. The van der Waals surface area contributed by atoms with Crippen molar-refractivity contribution in [1.82, 2.24) is 5.32 Å². The zero-order valence-electron chi connectivity index (χ0n) is 14.8. The van der Waals surface area contributed by atoms with Gasteiger partial charge in [-0.2, -0.15) is 0 Å². The number of nitrogens with zero attached hydrogens (tertiary/aromatic N) is 1. The Bertz CT molecular complexity index is 825. The Kier molecular flexibility index (Phi) is 7.14. The molecule has 0 fully saturated rings. The molecule has 0 saturated heterocycles. The molecule has 2 N–H and O–H groups in total. The quantitative estimate of drug-likeness (QED) is 0.649. The highest BCUT2D eigenvalue weighted by atomic mass is 32.2. The van der Waals surface area contributed by atoms with E-state index in [9.17, 15) is 13.2 Å². The van der Waals surface area contributed by atoms with Crippen molar-refractivity contribution < 1.29 is 17.9 Å². The summed E-state index contributed by atoms with van der Waals surface area (Å²) in [5.41, 5.74) is 0.982. The first-order valence-corrected chi connectivity index (χ1v) is 9.52. The number of anilines is 2. The van der Waals surface area contributed by atoms with Crippen LogP contribution in [0, 0.1) is 0 Å². The standard InChI is InChI=1S/C18H23N3O4S/c1-21(16-8-4-3-5-9-16)26(23,24)17-10-6-7-15(13-17)20-18(22)14-19-11-12-25-2/h3-10,13,19H,11-12,14H2,1-2H3,(H,20,22). The molecule has 0 spiro atoms. The van der Waals surface area contributed by atoms with Crippen molar-refractivity contribution in [3.8, 4) is 0 Å². The second kappa shape index (κ2) is 9.33. The summed E-state index contributed by atoms with van der Waals surface area (Å²) in [4.78, 5) is 12.0. The first kappa shape index (κ1) is 19.9. The summed E-state index contributed by atoms with van der Waals surface area (Å²) in [5, 5.41) is 5.61. The van der Waals surface area contributed by atoms with Crippen LogP contribution in [0.5, 0.6) is 0 Å². The average molecular weight is 377 g/mol. The first-order valence-electron chi connectivity index (χ1n) is 8.08. The third-order valence-corrected chi connectivity index (χ3v) is 5.45. The second-order valence-electron chi connectivity index (χ2n) is 5.55. The number of rotatable bonds is 9. The molecule has 0 aliphatic carbocycles. The summed E-state index contributed by atoms with van der Waals surface area (Å²) < 4.78 is 31.7. The molecule has 0 aliphatic heterocycles. The predicted octanol–water partition coefficient (Wildman–Crippen LogP) is 1.69. The molecule has 0 bridgehead atoms. The minimum absolute atomic E-state index is 0.106. The fraction of sp³-hybridized carbons (Fsp3) is 0.278. The Morgan fingerprint density at radius 2 is 1.85 bits per heavy atom. The number of hydrogen-bond donors (Lipinski definition) is 2. The maximum atomic E-state index is 12.8. The van der Waals surface area contributed by atoms with Crippen LogP contribution in [0.3, 0.4) is 0 Å². The van der Waals surface area contributed by atoms with Crippen LogP contribution in [0.1, 0.15) is 0 Å². The van der Waals surface area contributed by atoms with Crippen molar-refractivity contribution >= 4 is 27.3 Å². The predicted molar refractivity (Wildman–Crippen MR) is 102 cm³/mol. The van der Waals surface area contributed by atoms with Crippen LogP contribution in [0.2, 0.25) is 0 Å². The SMILES string of the molecule is COCCNCC(=O)Nc1cccc(S(=O)(=O)N(C)c2ccccc2)c1. The molecule has 140 valence electrons. The maximum absolute atomic E-state index is 12.8. The smallest absolute Gasteiger partial charge is 0.264 e. The van der Waals surface area contributed by atoms with Gasteiger partial charge in [0.2, 0.25) is 5.91 Å². The van der Waals surface area contributed by atoms with Crippen molar-refractivity contribution in [1.29, 1.82) is 0 Å². The van der Waals surface area contributed by atoms with Crippen LogP contribution < -0.4 is 14.9 Å². The molecule has 0 unspecified atom stereocenters. The molecule has 26 heavy (non-hydrogen) atoms. The van der Waals surface area contributed by atoms with Crippen molar-refractivity contribution in [2.75, 3.05) is 43.5 Å². The van der Waals surface area contributed by atoms with Crippen LogP contribution >= 0.6 is 0 Å². The number of sulfonamides is 1. The normalized spacial score (nSPS) is 11.2. The molecule has 2 rings (SSSR count). The molecule has 0 aliphatic rings. The number of para-hydroxylation sites is 1. The Hall–Kier alpha value is -2.42. The zero-order valence-corrected chi connectivity index (χ0v) is 15.6. The number of nitrogens with one attached hydrogen (secondary N) is 2. The van der Waals surface area contributed by atoms with E-state index in [0.717, 1.165) is 0 Å². The Morgan fingerprint density at radius 1 is 1.12 bits per heavy atom. The average Bonchev–Trinajstić information content (AvgIpc) is 2.65. The number of carbonyl (C=O) groups excluding carboxylic acids is 1. The van der Waals surface area contributed by atoms with Gasteiger partial charge in [-0.15, -0.1) is 0 Å². The zero-order chi connectivity index (χ0) is 19.0. The molecule has 7 nitrogen and oxygen atoms in total. The van der Waals surface area contributed by atoms with Gasteiger partial charge in [-0.05, 0) is 30.3 Å². The summed E-state index contributed by atoms with van der Waals surface area (Å²) in [6, 6.07) is 15.0. The molecule has 8 heteroatoms. The third-order valence-electron chi connectivity index (χ3n) is 3.66. The van der Waals surface area contributed by atoms with Gasteiger partial charge in [-0.25, -0.2) is 8.42 Å². The second-order valence-corrected chi connectivity index (χ2v) is 7.52. The van der Waals surface area contributed by atoms with Crippen LogP contribution in [-0.2, 0) is 19.6 Å². The molecular formula is C18H23N3O4S. The van der Waals surface area contributed by atoms with Gasteiger partial charge in [0.05, 0.1) is 23.7 Å². The lowest BCUT2D eigenvalue weighted by Gasteiger charge is -2.19. The number of carbonyl (C=O) groups is 1. The minimum Gasteiger partial charge on any atom is -0.383 e. The molecule has 1 amide bonds. The molecule has 0 radical (unpaired) electrons. The summed E-state index contributed by atoms with van der Waals surface area (Å²) in [5.74, 6) is -0.257. The van der Waals surface area contributed by atoms with Crippen LogP contribution in [0.4, 0.5) is 11.4 Å². The topological polar surface area (TPSA) is 87.7 Å². The summed E-state index contributed by atoms with van der Waals surface area (Å²) in [6.45, 7) is 1.18. The van der Waals surface area contributed by atoms with E-state index in [1.54, 1.807) is 43.5 Å². The molecule has 0 saturated carbocycles. The highest BCUT2D eigenvalue weighted by molar-refractivity contribution is 7.92. The van der Waals surface area contributed by atoms with E-state index < -0.39 is 10.0 Å². The maximum Gasteiger partial charge on any atom is 0.264 e. The van der Waals surface area contributed by atoms with Crippen molar-refractivity contribution in [2.45, 2.75) is 4.90 Å². The van der Waals surface area contributed by atoms with E-state index in [2.05, 4.69) is 10.6 Å². The Balaban J connectivity index is 2.09. The number of benzene rings is 2. The van der Waals surface area contributed by atoms with Gasteiger partial charge < -0.3 is 15.4 Å². The number of methoxy groups -OCH3 is 1. The Labute approximate surface area is 154 Å². The largest absolute Gasteiger partial charge is 0.383 e. The molecule has 0 heterocycles. The van der Waals surface area contributed by atoms with E-state index in [4.69, 9.17) is 4.74 Å². The lowest BCUT2D eigenvalue weighted by atomic mass is 10.3.